The van der Waals surface area contributed by atoms with Crippen LogP contribution in [-0.2, 0) is 10.8 Å². The Morgan fingerprint density at radius 1 is 1.45 bits per heavy atom. The zero-order valence-electron chi connectivity index (χ0n) is 11.7. The molecule has 5 nitrogen and oxygen atoms in total. The molecule has 0 bridgehead atoms. The number of urea groups is 1. The normalized spacial score (nSPS) is 13.4. The number of rotatable bonds is 5. The number of nitrogens with one attached hydrogen (secondary N) is 2. The summed E-state index contributed by atoms with van der Waals surface area (Å²) in [7, 11) is -1.42. The van der Waals surface area contributed by atoms with Crippen molar-refractivity contribution in [3.05, 3.63) is 46.4 Å². The topological polar surface area (TPSA) is 78.4 Å². The fourth-order valence-corrected chi connectivity index (χ4v) is 3.06. The molecule has 0 aliphatic carbocycles. The molecule has 2 unspecified atom stereocenters. The predicted octanol–water partition coefficient (Wildman–Crippen LogP) is 2.48. The Hall–Kier alpha value is -1.77. The average Bonchev–Trinajstić information content (AvgIpc) is 2.98. The Labute approximate surface area is 133 Å². The number of thiophene rings is 1. The average molecular weight is 342 g/mol. The Balaban J connectivity index is 1.89. The summed E-state index contributed by atoms with van der Waals surface area (Å²) in [6, 6.07) is 5.15. The van der Waals surface area contributed by atoms with Gasteiger partial charge in [-0.05, 0) is 40.6 Å². The summed E-state index contributed by atoms with van der Waals surface area (Å²) in [5, 5.41) is 18.4. The number of hydrogen-bond acceptors (Lipinski definition) is 4. The molecule has 0 spiro atoms. The molecule has 0 aliphatic rings. The van der Waals surface area contributed by atoms with Gasteiger partial charge in [0.25, 0.3) is 0 Å². The zero-order valence-corrected chi connectivity index (χ0v) is 13.3. The van der Waals surface area contributed by atoms with Crippen LogP contribution in [0.2, 0.25) is 0 Å². The fourth-order valence-electron chi connectivity index (χ4n) is 1.76. The Morgan fingerprint density at radius 3 is 2.82 bits per heavy atom. The number of anilines is 1. The number of amides is 2. The molecule has 2 atom stereocenters. The first-order chi connectivity index (χ1) is 10.5. The molecular formula is C14H15FN2O3S2. The first-order valence-corrected chi connectivity index (χ1v) is 8.85. The summed E-state index contributed by atoms with van der Waals surface area (Å²) in [5.74, 6) is -0.642. The maximum atomic E-state index is 13.6. The third-order valence-electron chi connectivity index (χ3n) is 2.88. The summed E-state index contributed by atoms with van der Waals surface area (Å²) in [4.78, 5) is 11.8. The summed E-state index contributed by atoms with van der Waals surface area (Å²) in [6.07, 6.45) is 0.586. The molecule has 8 heteroatoms. The number of carbonyl (C=O) groups excluding carboxylic acids is 1. The molecule has 0 radical (unpaired) electrons. The summed E-state index contributed by atoms with van der Waals surface area (Å²) in [5.41, 5.74) is 0.973. The standard InChI is InChI=1S/C14H15FN2O3S2/c1-22(20)13-3-2-10(6-11(13)15)17-14(19)16-7-12(18)9-4-5-21-8-9/h2-6,8,12,18H,7H2,1H3,(H2,16,17,19). The number of carbonyl (C=O) groups is 1. The molecule has 0 fully saturated rings. The number of hydrogen-bond donors (Lipinski definition) is 3. The fraction of sp³-hybridized carbons (Fsp3) is 0.214. The van der Waals surface area contributed by atoms with E-state index in [9.17, 15) is 18.5 Å². The minimum atomic E-state index is -1.42. The van der Waals surface area contributed by atoms with Crippen LogP contribution in [0.25, 0.3) is 0 Å². The van der Waals surface area contributed by atoms with Crippen LogP contribution in [0.1, 0.15) is 11.7 Å². The molecule has 118 valence electrons. The Bertz CT molecular complexity index is 677. The van der Waals surface area contributed by atoms with Crippen molar-refractivity contribution in [1.29, 1.82) is 0 Å². The van der Waals surface area contributed by atoms with Crippen LogP contribution < -0.4 is 10.6 Å². The smallest absolute Gasteiger partial charge is 0.319 e. The van der Waals surface area contributed by atoms with E-state index >= 15 is 0 Å². The molecule has 2 rings (SSSR count). The van der Waals surface area contributed by atoms with E-state index < -0.39 is 28.8 Å². The minimum Gasteiger partial charge on any atom is -0.387 e. The van der Waals surface area contributed by atoms with E-state index in [2.05, 4.69) is 10.6 Å². The maximum Gasteiger partial charge on any atom is 0.319 e. The van der Waals surface area contributed by atoms with Gasteiger partial charge in [0.2, 0.25) is 0 Å². The molecule has 0 saturated heterocycles. The van der Waals surface area contributed by atoms with Gasteiger partial charge in [0.1, 0.15) is 5.82 Å². The van der Waals surface area contributed by atoms with Crippen LogP contribution in [-0.4, -0.2) is 28.1 Å². The van der Waals surface area contributed by atoms with Gasteiger partial charge in [0.15, 0.2) is 0 Å². The van der Waals surface area contributed by atoms with E-state index in [1.165, 1.54) is 29.7 Å². The van der Waals surface area contributed by atoms with Crippen LogP contribution >= 0.6 is 11.3 Å². The molecule has 1 aromatic heterocycles. The van der Waals surface area contributed by atoms with Gasteiger partial charge in [0, 0.05) is 18.5 Å². The second-order valence-corrected chi connectivity index (χ2v) is 6.63. The van der Waals surface area contributed by atoms with Crippen LogP contribution in [0.4, 0.5) is 14.9 Å². The van der Waals surface area contributed by atoms with E-state index in [1.54, 1.807) is 11.4 Å². The van der Waals surface area contributed by atoms with Gasteiger partial charge in [-0.15, -0.1) is 0 Å². The number of benzene rings is 1. The van der Waals surface area contributed by atoms with Crippen LogP contribution in [0.5, 0.6) is 0 Å². The van der Waals surface area contributed by atoms with Crippen molar-refractivity contribution >= 4 is 33.9 Å². The third-order valence-corrected chi connectivity index (χ3v) is 4.54. The lowest BCUT2D eigenvalue weighted by Crippen LogP contribution is -2.32. The van der Waals surface area contributed by atoms with Crippen molar-refractivity contribution in [3.63, 3.8) is 0 Å². The van der Waals surface area contributed by atoms with Gasteiger partial charge in [-0.3, -0.25) is 4.21 Å². The highest BCUT2D eigenvalue weighted by Crippen LogP contribution is 2.17. The molecule has 22 heavy (non-hydrogen) atoms. The van der Waals surface area contributed by atoms with Gasteiger partial charge in [-0.1, -0.05) is 0 Å². The van der Waals surface area contributed by atoms with Gasteiger partial charge >= 0.3 is 6.03 Å². The quantitative estimate of drug-likeness (QED) is 0.781. The van der Waals surface area contributed by atoms with Crippen molar-refractivity contribution < 1.29 is 18.5 Å². The molecule has 0 aliphatic heterocycles. The monoisotopic (exact) mass is 342 g/mol. The predicted molar refractivity (Wildman–Crippen MR) is 85.0 cm³/mol. The summed E-state index contributed by atoms with van der Waals surface area (Å²) in [6.45, 7) is 0.0438. The first kappa shape index (κ1) is 16.6. The highest BCUT2D eigenvalue weighted by molar-refractivity contribution is 7.84. The van der Waals surface area contributed by atoms with Crippen molar-refractivity contribution in [1.82, 2.24) is 5.32 Å². The van der Waals surface area contributed by atoms with Gasteiger partial charge in [0.05, 0.1) is 21.8 Å². The molecular weight excluding hydrogens is 327 g/mol. The molecule has 2 amide bonds. The molecule has 1 aromatic carbocycles. The van der Waals surface area contributed by atoms with Crippen LogP contribution in [0.3, 0.4) is 0 Å². The van der Waals surface area contributed by atoms with E-state index in [0.717, 1.165) is 11.6 Å². The van der Waals surface area contributed by atoms with Crippen molar-refractivity contribution in [2.45, 2.75) is 11.0 Å². The molecule has 1 heterocycles. The lowest BCUT2D eigenvalue weighted by molar-refractivity contribution is 0.175. The Morgan fingerprint density at radius 2 is 2.23 bits per heavy atom. The SMILES string of the molecule is CS(=O)c1ccc(NC(=O)NCC(O)c2ccsc2)cc1F. The number of halogens is 1. The summed E-state index contributed by atoms with van der Waals surface area (Å²) < 4.78 is 24.9. The van der Waals surface area contributed by atoms with Gasteiger partial charge in [-0.25, -0.2) is 9.18 Å². The molecule has 0 saturated carbocycles. The van der Waals surface area contributed by atoms with E-state index in [0.29, 0.717) is 0 Å². The van der Waals surface area contributed by atoms with Crippen molar-refractivity contribution in [3.8, 4) is 0 Å². The largest absolute Gasteiger partial charge is 0.387 e. The lowest BCUT2D eigenvalue weighted by Gasteiger charge is -2.12. The third kappa shape index (κ3) is 4.36. The van der Waals surface area contributed by atoms with Crippen molar-refractivity contribution in [2.24, 2.45) is 0 Å². The maximum absolute atomic E-state index is 13.6. The first-order valence-electron chi connectivity index (χ1n) is 6.35. The number of aliphatic hydroxyl groups is 1. The lowest BCUT2D eigenvalue weighted by atomic mass is 10.2. The van der Waals surface area contributed by atoms with Crippen LogP contribution in [0.15, 0.2) is 39.9 Å². The van der Waals surface area contributed by atoms with Crippen molar-refractivity contribution in [2.75, 3.05) is 18.1 Å². The highest BCUT2D eigenvalue weighted by atomic mass is 32.2. The second kappa shape index (κ2) is 7.48. The number of aliphatic hydroxyl groups excluding tert-OH is 1. The van der Waals surface area contributed by atoms with Crippen LogP contribution in [0, 0.1) is 5.82 Å². The molecule has 3 N–H and O–H groups in total. The zero-order chi connectivity index (χ0) is 16.1. The highest BCUT2D eigenvalue weighted by Gasteiger charge is 2.11. The Kier molecular flexibility index (Phi) is 5.64. The van der Waals surface area contributed by atoms with E-state index in [4.69, 9.17) is 0 Å². The van der Waals surface area contributed by atoms with E-state index in [-0.39, 0.29) is 17.1 Å². The summed E-state index contributed by atoms with van der Waals surface area (Å²) >= 11 is 1.46. The van der Waals surface area contributed by atoms with E-state index in [1.807, 2.05) is 5.38 Å². The van der Waals surface area contributed by atoms with Gasteiger partial charge < -0.3 is 15.7 Å². The second-order valence-electron chi connectivity index (χ2n) is 4.51. The molecule has 2 aromatic rings. The van der Waals surface area contributed by atoms with Gasteiger partial charge in [-0.2, -0.15) is 11.3 Å². The minimum absolute atomic E-state index is 0.0438.